The Labute approximate surface area is 147 Å². The molecule has 25 heavy (non-hydrogen) atoms. The quantitative estimate of drug-likeness (QED) is 0.860. The van der Waals surface area contributed by atoms with Crippen LogP contribution in [0, 0.1) is 0 Å². The molecule has 6 heteroatoms. The predicted molar refractivity (Wildman–Crippen MR) is 95.5 cm³/mol. The molecule has 2 fully saturated rings. The van der Waals surface area contributed by atoms with E-state index < -0.39 is 0 Å². The number of carbonyl (C=O) groups excluding carboxylic acids is 2. The van der Waals surface area contributed by atoms with Crippen LogP contribution < -0.4 is 0 Å². The molecule has 0 spiro atoms. The summed E-state index contributed by atoms with van der Waals surface area (Å²) in [5.74, 6) is 1.91. The lowest BCUT2D eigenvalue weighted by atomic mass is 10.1. The molecule has 4 rings (SSSR count). The van der Waals surface area contributed by atoms with Crippen molar-refractivity contribution in [3.05, 3.63) is 29.6 Å². The minimum absolute atomic E-state index is 0.0316. The van der Waals surface area contributed by atoms with Gasteiger partial charge in [-0.15, -0.1) is 0 Å². The molecule has 1 aliphatic carbocycles. The first-order valence-electron chi connectivity index (χ1n) is 9.12. The SMILES string of the molecule is CCC(=O)N1CCN(C(=O)c2ccc3c(c2)nc(C2CC2)n3C)CC1. The minimum Gasteiger partial charge on any atom is -0.339 e. The summed E-state index contributed by atoms with van der Waals surface area (Å²) in [6, 6.07) is 5.80. The number of imidazole rings is 1. The van der Waals surface area contributed by atoms with Gasteiger partial charge in [-0.25, -0.2) is 4.98 Å². The summed E-state index contributed by atoms with van der Waals surface area (Å²) in [5.41, 5.74) is 2.66. The van der Waals surface area contributed by atoms with E-state index in [1.807, 2.05) is 34.9 Å². The van der Waals surface area contributed by atoms with Crippen LogP contribution in [-0.4, -0.2) is 57.3 Å². The third-order valence-electron chi connectivity index (χ3n) is 5.33. The second-order valence-electron chi connectivity index (χ2n) is 7.03. The molecule has 1 saturated heterocycles. The summed E-state index contributed by atoms with van der Waals surface area (Å²) in [7, 11) is 2.05. The molecule has 2 amide bonds. The second-order valence-corrected chi connectivity index (χ2v) is 7.03. The zero-order valence-electron chi connectivity index (χ0n) is 14.9. The van der Waals surface area contributed by atoms with Crippen LogP contribution in [0.1, 0.15) is 48.3 Å². The number of hydrogen-bond donors (Lipinski definition) is 0. The van der Waals surface area contributed by atoms with Gasteiger partial charge in [0.15, 0.2) is 0 Å². The number of piperazine rings is 1. The number of aryl methyl sites for hydroxylation is 1. The molecule has 1 aromatic carbocycles. The number of carbonyl (C=O) groups is 2. The Hall–Kier alpha value is -2.37. The van der Waals surface area contributed by atoms with Crippen LogP contribution in [-0.2, 0) is 11.8 Å². The molecule has 1 aromatic heterocycles. The van der Waals surface area contributed by atoms with Crippen LogP contribution in [0.15, 0.2) is 18.2 Å². The summed E-state index contributed by atoms with van der Waals surface area (Å²) < 4.78 is 2.15. The topological polar surface area (TPSA) is 58.4 Å². The van der Waals surface area contributed by atoms with Gasteiger partial charge in [-0.05, 0) is 31.0 Å². The molecule has 0 N–H and O–H groups in total. The smallest absolute Gasteiger partial charge is 0.254 e. The van der Waals surface area contributed by atoms with E-state index >= 15 is 0 Å². The molecule has 0 unspecified atom stereocenters. The van der Waals surface area contributed by atoms with Gasteiger partial charge in [-0.3, -0.25) is 9.59 Å². The molecule has 0 atom stereocenters. The Morgan fingerprint density at radius 3 is 2.44 bits per heavy atom. The molecule has 132 valence electrons. The minimum atomic E-state index is 0.0316. The van der Waals surface area contributed by atoms with Gasteiger partial charge >= 0.3 is 0 Å². The van der Waals surface area contributed by atoms with Crippen molar-refractivity contribution in [1.29, 1.82) is 0 Å². The lowest BCUT2D eigenvalue weighted by molar-refractivity contribution is -0.132. The summed E-state index contributed by atoms with van der Waals surface area (Å²) >= 11 is 0. The fraction of sp³-hybridized carbons (Fsp3) is 0.526. The number of fused-ring (bicyclic) bond motifs is 1. The van der Waals surface area contributed by atoms with Gasteiger partial charge in [-0.2, -0.15) is 0 Å². The average Bonchev–Trinajstić information content (AvgIpc) is 3.44. The Kier molecular flexibility index (Phi) is 3.98. The predicted octanol–water partition coefficient (Wildman–Crippen LogP) is 2.15. The highest BCUT2D eigenvalue weighted by atomic mass is 16.2. The van der Waals surface area contributed by atoms with Crippen molar-refractivity contribution in [1.82, 2.24) is 19.4 Å². The molecule has 0 radical (unpaired) electrons. The van der Waals surface area contributed by atoms with E-state index in [1.165, 1.54) is 12.8 Å². The van der Waals surface area contributed by atoms with Gasteiger partial charge in [0.05, 0.1) is 11.0 Å². The standard InChI is InChI=1S/C19H24N4O2/c1-3-17(24)22-8-10-23(11-9-22)19(25)14-6-7-16-15(12-14)20-18(21(16)2)13-4-5-13/h6-7,12-13H,3-5,8-11H2,1-2H3. The first kappa shape index (κ1) is 16.1. The maximum Gasteiger partial charge on any atom is 0.254 e. The maximum atomic E-state index is 12.8. The van der Waals surface area contributed by atoms with E-state index in [9.17, 15) is 9.59 Å². The van der Waals surface area contributed by atoms with Crippen LogP contribution in [0.4, 0.5) is 0 Å². The zero-order valence-corrected chi connectivity index (χ0v) is 14.9. The van der Waals surface area contributed by atoms with Crippen molar-refractivity contribution >= 4 is 22.8 Å². The van der Waals surface area contributed by atoms with Crippen LogP contribution >= 0.6 is 0 Å². The molecule has 1 aliphatic heterocycles. The number of rotatable bonds is 3. The van der Waals surface area contributed by atoms with Crippen molar-refractivity contribution in [2.24, 2.45) is 7.05 Å². The van der Waals surface area contributed by atoms with E-state index in [0.29, 0.717) is 44.1 Å². The lowest BCUT2D eigenvalue weighted by Crippen LogP contribution is -2.50. The Balaban J connectivity index is 1.51. The molecular weight excluding hydrogens is 316 g/mol. The highest BCUT2D eigenvalue weighted by Gasteiger charge is 2.29. The Morgan fingerprint density at radius 1 is 1.12 bits per heavy atom. The largest absolute Gasteiger partial charge is 0.339 e. The first-order valence-corrected chi connectivity index (χ1v) is 9.12. The maximum absolute atomic E-state index is 12.8. The van der Waals surface area contributed by atoms with Crippen molar-refractivity contribution < 1.29 is 9.59 Å². The van der Waals surface area contributed by atoms with E-state index in [-0.39, 0.29) is 11.8 Å². The van der Waals surface area contributed by atoms with Gasteiger partial charge in [0, 0.05) is 51.1 Å². The fourth-order valence-electron chi connectivity index (χ4n) is 3.62. The molecule has 6 nitrogen and oxygen atoms in total. The van der Waals surface area contributed by atoms with E-state index in [0.717, 1.165) is 16.9 Å². The average molecular weight is 340 g/mol. The number of benzene rings is 1. The summed E-state index contributed by atoms with van der Waals surface area (Å²) in [4.78, 5) is 33.0. The summed E-state index contributed by atoms with van der Waals surface area (Å²) in [6.45, 7) is 4.31. The molecular formula is C19H24N4O2. The fourth-order valence-corrected chi connectivity index (χ4v) is 3.62. The van der Waals surface area contributed by atoms with E-state index in [2.05, 4.69) is 11.6 Å². The Morgan fingerprint density at radius 2 is 1.80 bits per heavy atom. The molecule has 0 bridgehead atoms. The number of hydrogen-bond acceptors (Lipinski definition) is 3. The number of nitrogens with zero attached hydrogens (tertiary/aromatic N) is 4. The highest BCUT2D eigenvalue weighted by molar-refractivity contribution is 5.97. The van der Waals surface area contributed by atoms with Gasteiger partial charge < -0.3 is 14.4 Å². The van der Waals surface area contributed by atoms with Crippen LogP contribution in [0.3, 0.4) is 0 Å². The van der Waals surface area contributed by atoms with Crippen molar-refractivity contribution in [3.8, 4) is 0 Å². The van der Waals surface area contributed by atoms with Crippen molar-refractivity contribution in [2.45, 2.75) is 32.1 Å². The van der Waals surface area contributed by atoms with Gasteiger partial charge in [0.1, 0.15) is 5.82 Å². The van der Waals surface area contributed by atoms with Crippen LogP contribution in [0.5, 0.6) is 0 Å². The lowest BCUT2D eigenvalue weighted by Gasteiger charge is -2.34. The van der Waals surface area contributed by atoms with Gasteiger partial charge in [0.2, 0.25) is 5.91 Å². The van der Waals surface area contributed by atoms with Crippen LogP contribution in [0.25, 0.3) is 11.0 Å². The molecule has 2 aliphatic rings. The normalized spacial score (nSPS) is 18.0. The number of aromatic nitrogens is 2. The third-order valence-corrected chi connectivity index (χ3v) is 5.33. The van der Waals surface area contributed by atoms with Crippen molar-refractivity contribution in [2.75, 3.05) is 26.2 Å². The van der Waals surface area contributed by atoms with E-state index in [4.69, 9.17) is 4.98 Å². The molecule has 2 heterocycles. The van der Waals surface area contributed by atoms with Gasteiger partial charge in [0.25, 0.3) is 5.91 Å². The highest BCUT2D eigenvalue weighted by Crippen LogP contribution is 2.40. The Bertz CT molecular complexity index is 829. The van der Waals surface area contributed by atoms with E-state index in [1.54, 1.807) is 0 Å². The number of amides is 2. The zero-order chi connectivity index (χ0) is 17.6. The second kappa shape index (κ2) is 6.17. The van der Waals surface area contributed by atoms with Gasteiger partial charge in [-0.1, -0.05) is 6.92 Å². The monoisotopic (exact) mass is 340 g/mol. The summed E-state index contributed by atoms with van der Waals surface area (Å²) in [5, 5.41) is 0. The molecule has 1 saturated carbocycles. The molecule has 2 aromatic rings. The first-order chi connectivity index (χ1) is 12.1. The van der Waals surface area contributed by atoms with Crippen LogP contribution in [0.2, 0.25) is 0 Å². The third kappa shape index (κ3) is 2.90. The summed E-state index contributed by atoms with van der Waals surface area (Å²) in [6.07, 6.45) is 2.95. The van der Waals surface area contributed by atoms with Crippen molar-refractivity contribution in [3.63, 3.8) is 0 Å².